The van der Waals surface area contributed by atoms with E-state index in [-0.39, 0.29) is 12.0 Å². The zero-order valence-electron chi connectivity index (χ0n) is 14.0. The molecule has 7 atom stereocenters. The molecule has 5 nitrogen and oxygen atoms in total. The summed E-state index contributed by atoms with van der Waals surface area (Å²) in [7, 11) is -4.02. The molecule has 2 heterocycles. The van der Waals surface area contributed by atoms with Crippen LogP contribution in [0.25, 0.3) is 0 Å². The predicted octanol–water partition coefficient (Wildman–Crippen LogP) is 3.26. The van der Waals surface area contributed by atoms with Gasteiger partial charge in [-0.3, -0.25) is 14.5 Å². The Bertz CT molecular complexity index is 691. The minimum Gasteiger partial charge on any atom is -0.285 e. The summed E-state index contributed by atoms with van der Waals surface area (Å²) >= 11 is 3.67. The average Bonchev–Trinajstić information content (AvgIpc) is 3.04. The molecule has 1 N–H and O–H groups in total. The summed E-state index contributed by atoms with van der Waals surface area (Å²) in [4.78, 5) is 9.67. The maximum Gasteiger partial charge on any atom is 0.268 e. The van der Waals surface area contributed by atoms with Crippen molar-refractivity contribution in [1.82, 2.24) is 0 Å². The van der Waals surface area contributed by atoms with Crippen molar-refractivity contribution in [3.8, 4) is 0 Å². The van der Waals surface area contributed by atoms with E-state index in [2.05, 4.69) is 13.8 Å². The lowest BCUT2D eigenvalue weighted by atomic mass is 9.83. The Balaban J connectivity index is 1.54. The van der Waals surface area contributed by atoms with E-state index < -0.39 is 15.4 Å². The number of fused-ring (bicyclic) bond motifs is 2. The van der Waals surface area contributed by atoms with E-state index >= 15 is 0 Å². The third kappa shape index (κ3) is 3.19. The molecule has 0 amide bonds. The summed E-state index contributed by atoms with van der Waals surface area (Å²) in [5.74, 6) is 0.222. The number of thioether (sulfide) groups is 2. The quantitative estimate of drug-likeness (QED) is 0.735. The van der Waals surface area contributed by atoms with Gasteiger partial charge in [-0.1, -0.05) is 6.92 Å². The Labute approximate surface area is 152 Å². The van der Waals surface area contributed by atoms with Gasteiger partial charge in [-0.25, -0.2) is 0 Å². The van der Waals surface area contributed by atoms with Gasteiger partial charge in [-0.05, 0) is 44.9 Å². The maximum absolute atomic E-state index is 11.9. The van der Waals surface area contributed by atoms with Crippen molar-refractivity contribution in [1.29, 1.82) is 0 Å². The molecule has 0 aromatic rings. The minimum absolute atomic E-state index is 0.121. The van der Waals surface area contributed by atoms with Crippen LogP contribution < -0.4 is 0 Å². The minimum atomic E-state index is -4.02. The number of rotatable bonds is 2. The lowest BCUT2D eigenvalue weighted by Gasteiger charge is -2.33. The standard InChI is InChI=1S/C16H24N2O3S3/c1-8-3-4-10(15(5-8)24(19,20)21)16-18-12-6-11-13(7-14(12)23-16)22-9(2)17-11/h8,10-15H,3-7H2,1-2H3,(H,19,20,21). The second-order valence-corrected chi connectivity index (χ2v) is 11.9. The van der Waals surface area contributed by atoms with Gasteiger partial charge in [0.1, 0.15) is 0 Å². The van der Waals surface area contributed by atoms with E-state index in [0.717, 1.165) is 30.7 Å². The Morgan fingerprint density at radius 1 is 1.04 bits per heavy atom. The number of nitrogens with zero attached hydrogens (tertiary/aromatic N) is 2. The van der Waals surface area contributed by atoms with Crippen LogP contribution in [0.3, 0.4) is 0 Å². The molecule has 8 heteroatoms. The van der Waals surface area contributed by atoms with Gasteiger partial charge < -0.3 is 0 Å². The third-order valence-electron chi connectivity index (χ3n) is 5.79. The highest BCUT2D eigenvalue weighted by Crippen LogP contribution is 2.48. The summed E-state index contributed by atoms with van der Waals surface area (Å²) in [6.07, 6.45) is 4.45. The van der Waals surface area contributed by atoms with Crippen molar-refractivity contribution in [2.75, 3.05) is 0 Å². The molecule has 7 unspecified atom stereocenters. The maximum atomic E-state index is 11.9. The van der Waals surface area contributed by atoms with Crippen LogP contribution in [0.4, 0.5) is 0 Å². The average molecular weight is 389 g/mol. The van der Waals surface area contributed by atoms with Crippen LogP contribution in [0.1, 0.15) is 46.0 Å². The van der Waals surface area contributed by atoms with Gasteiger partial charge in [0, 0.05) is 16.4 Å². The summed E-state index contributed by atoms with van der Waals surface area (Å²) in [6, 6.07) is 0.645. The molecule has 24 heavy (non-hydrogen) atoms. The first kappa shape index (κ1) is 17.4. The number of hydrogen-bond donors (Lipinski definition) is 1. The molecule has 2 aliphatic heterocycles. The normalized spacial score (nSPS) is 45.4. The summed E-state index contributed by atoms with van der Waals surface area (Å²) in [6.45, 7) is 4.15. The Morgan fingerprint density at radius 3 is 2.50 bits per heavy atom. The molecule has 0 spiro atoms. The van der Waals surface area contributed by atoms with Crippen LogP contribution in [0.2, 0.25) is 0 Å². The highest BCUT2D eigenvalue weighted by molar-refractivity contribution is 8.15. The molecule has 2 saturated carbocycles. The molecule has 0 saturated heterocycles. The van der Waals surface area contributed by atoms with Crippen molar-refractivity contribution in [3.05, 3.63) is 0 Å². The van der Waals surface area contributed by atoms with Crippen molar-refractivity contribution >= 4 is 43.7 Å². The zero-order valence-corrected chi connectivity index (χ0v) is 16.4. The Kier molecular flexibility index (Phi) is 4.55. The molecule has 0 radical (unpaired) electrons. The number of hydrogen-bond acceptors (Lipinski definition) is 6. The van der Waals surface area contributed by atoms with E-state index in [9.17, 15) is 13.0 Å². The molecular formula is C16H24N2O3S3. The van der Waals surface area contributed by atoms with E-state index in [4.69, 9.17) is 9.98 Å². The smallest absolute Gasteiger partial charge is 0.268 e. The Hall–Kier alpha value is -0.0500. The first-order valence-corrected chi connectivity index (χ1v) is 12.0. The summed E-state index contributed by atoms with van der Waals surface area (Å²) < 4.78 is 33.5. The molecule has 4 aliphatic rings. The van der Waals surface area contributed by atoms with Crippen molar-refractivity contribution in [2.24, 2.45) is 21.8 Å². The van der Waals surface area contributed by atoms with Gasteiger partial charge in [0.25, 0.3) is 10.1 Å². The molecule has 2 aliphatic carbocycles. The lowest BCUT2D eigenvalue weighted by molar-refractivity contribution is 0.328. The van der Waals surface area contributed by atoms with E-state index in [1.807, 2.05) is 11.8 Å². The van der Waals surface area contributed by atoms with E-state index in [1.54, 1.807) is 11.8 Å². The van der Waals surface area contributed by atoms with Crippen LogP contribution in [0.5, 0.6) is 0 Å². The van der Waals surface area contributed by atoms with Crippen LogP contribution in [-0.4, -0.2) is 50.9 Å². The van der Waals surface area contributed by atoms with Gasteiger partial charge >= 0.3 is 0 Å². The first-order chi connectivity index (χ1) is 11.3. The third-order valence-corrected chi connectivity index (χ3v) is 9.80. The van der Waals surface area contributed by atoms with Crippen molar-refractivity contribution in [2.45, 2.75) is 73.8 Å². The van der Waals surface area contributed by atoms with Crippen LogP contribution in [0.15, 0.2) is 9.98 Å². The van der Waals surface area contributed by atoms with Gasteiger partial charge in [0.15, 0.2) is 0 Å². The molecule has 0 aromatic carbocycles. The molecule has 0 aromatic heterocycles. The van der Waals surface area contributed by atoms with Crippen molar-refractivity contribution in [3.63, 3.8) is 0 Å². The van der Waals surface area contributed by atoms with Gasteiger partial charge in [-0.2, -0.15) is 8.42 Å². The molecular weight excluding hydrogens is 364 g/mol. The van der Waals surface area contributed by atoms with Crippen LogP contribution in [0, 0.1) is 11.8 Å². The summed E-state index contributed by atoms with van der Waals surface area (Å²) in [5, 5.41) is 2.51. The fourth-order valence-corrected chi connectivity index (χ4v) is 8.90. The van der Waals surface area contributed by atoms with Gasteiger partial charge in [-0.15, -0.1) is 23.5 Å². The second kappa shape index (κ2) is 6.28. The second-order valence-electron chi connectivity index (χ2n) is 7.61. The Morgan fingerprint density at radius 2 is 1.75 bits per heavy atom. The topological polar surface area (TPSA) is 79.1 Å². The molecule has 134 valence electrons. The zero-order chi connectivity index (χ0) is 17.1. The van der Waals surface area contributed by atoms with Gasteiger partial charge in [0.05, 0.1) is 27.4 Å². The highest BCUT2D eigenvalue weighted by Gasteiger charge is 2.47. The molecule has 2 fully saturated rings. The molecule has 0 bridgehead atoms. The predicted molar refractivity (Wildman–Crippen MR) is 102 cm³/mol. The number of aliphatic imine (C=N–C) groups is 2. The van der Waals surface area contributed by atoms with E-state index in [0.29, 0.717) is 28.9 Å². The fourth-order valence-electron chi connectivity index (χ4n) is 4.57. The SMILES string of the molecule is CC1=NC2CC3N=C(C4CCC(C)CC4S(=O)(=O)O)SC3CC2S1. The largest absolute Gasteiger partial charge is 0.285 e. The lowest BCUT2D eigenvalue weighted by Crippen LogP contribution is -2.38. The summed E-state index contributed by atoms with van der Waals surface area (Å²) in [5.41, 5.74) is 0. The van der Waals surface area contributed by atoms with Crippen molar-refractivity contribution < 1.29 is 13.0 Å². The first-order valence-electron chi connectivity index (χ1n) is 8.73. The fraction of sp³-hybridized carbons (Fsp3) is 0.875. The van der Waals surface area contributed by atoms with E-state index in [1.165, 1.54) is 5.04 Å². The van der Waals surface area contributed by atoms with Gasteiger partial charge in [0.2, 0.25) is 0 Å². The highest BCUT2D eigenvalue weighted by atomic mass is 32.2. The van der Waals surface area contributed by atoms with Crippen LogP contribution in [-0.2, 0) is 10.1 Å². The molecule has 4 rings (SSSR count). The van der Waals surface area contributed by atoms with Crippen LogP contribution >= 0.6 is 23.5 Å². The monoisotopic (exact) mass is 388 g/mol.